The molecule has 0 aromatic carbocycles. The number of rotatable bonds is 6. The lowest BCUT2D eigenvalue weighted by atomic mass is 10.3. The van der Waals surface area contributed by atoms with Crippen molar-refractivity contribution in [3.63, 3.8) is 0 Å². The van der Waals surface area contributed by atoms with E-state index in [1.54, 1.807) is 0 Å². The van der Waals surface area contributed by atoms with E-state index < -0.39 is 0 Å². The average molecular weight is 203 g/mol. The van der Waals surface area contributed by atoms with Crippen LogP contribution < -0.4 is 10.6 Å². The molecule has 0 radical (unpaired) electrons. The number of nitrogens with one attached hydrogen (secondary N) is 2. The van der Waals surface area contributed by atoms with Crippen LogP contribution in [-0.4, -0.2) is 39.9 Å². The molecule has 0 aliphatic heterocycles. The zero-order valence-corrected chi connectivity index (χ0v) is 11.9. The van der Waals surface area contributed by atoms with E-state index in [4.69, 9.17) is 0 Å². The van der Waals surface area contributed by atoms with Gasteiger partial charge in [-0.1, -0.05) is 6.92 Å². The molecule has 3 nitrogen and oxygen atoms in total. The molecule has 0 saturated heterocycles. The van der Waals surface area contributed by atoms with E-state index in [1.165, 1.54) is 0 Å². The molecule has 0 fully saturated rings. The second kappa shape index (κ2) is 6.54. The molecule has 0 rings (SSSR count). The van der Waals surface area contributed by atoms with Crippen LogP contribution in [0.4, 0.5) is 0 Å². The summed E-state index contributed by atoms with van der Waals surface area (Å²) in [7, 11) is 1.09. The first-order valence-corrected chi connectivity index (χ1v) is 6.09. The Kier molecular flexibility index (Phi) is 6.58. The maximum absolute atomic E-state index is 3.51. The topological polar surface area (TPSA) is 27.3 Å². The predicted molar refractivity (Wildman–Crippen MR) is 62.7 cm³/mol. The van der Waals surface area contributed by atoms with Crippen molar-refractivity contribution in [2.24, 2.45) is 0 Å². The summed E-state index contributed by atoms with van der Waals surface area (Å²) in [5.41, 5.74) is 0. The third-order valence-corrected chi connectivity index (χ3v) is 3.07. The molecular weight excluding hydrogens is 178 g/mol. The van der Waals surface area contributed by atoms with E-state index in [9.17, 15) is 0 Å². The summed E-state index contributed by atoms with van der Waals surface area (Å²) in [5, 5.41) is 7.02. The largest absolute Gasteiger partial charge is 0.307 e. The van der Waals surface area contributed by atoms with Gasteiger partial charge in [0, 0.05) is 12.1 Å². The summed E-state index contributed by atoms with van der Waals surface area (Å²) >= 11 is 0. The molecule has 13 heavy (non-hydrogen) atoms. The third-order valence-electron chi connectivity index (χ3n) is 1.92. The van der Waals surface area contributed by atoms with Gasteiger partial charge in [0.25, 0.3) is 0 Å². The van der Waals surface area contributed by atoms with E-state index in [0.29, 0.717) is 18.4 Å². The van der Waals surface area contributed by atoms with Gasteiger partial charge in [0.15, 0.2) is 0 Å². The fourth-order valence-electron chi connectivity index (χ4n) is 1.12. The normalized spacial score (nSPS) is 12.7. The Morgan fingerprint density at radius 3 is 1.69 bits per heavy atom. The standard InChI is InChI=1S/C9H25N3Si/c1-6-12(13)9(10-7(2)3)11-8(4)5/h7-11H,6H2,1-5,13H3. The van der Waals surface area contributed by atoms with Gasteiger partial charge in [0.2, 0.25) is 0 Å². The average Bonchev–Trinajstić information content (AvgIpc) is 2.00. The first kappa shape index (κ1) is 13.1. The molecule has 0 spiro atoms. The van der Waals surface area contributed by atoms with Crippen molar-refractivity contribution >= 4 is 10.4 Å². The van der Waals surface area contributed by atoms with Gasteiger partial charge < -0.3 is 4.57 Å². The Hall–Kier alpha value is 0.0969. The first-order chi connectivity index (χ1) is 5.97. The first-order valence-electron chi connectivity index (χ1n) is 5.19. The van der Waals surface area contributed by atoms with Gasteiger partial charge in [0.1, 0.15) is 6.29 Å². The van der Waals surface area contributed by atoms with Crippen LogP contribution >= 0.6 is 0 Å². The van der Waals surface area contributed by atoms with E-state index in [0.717, 1.165) is 16.9 Å². The summed E-state index contributed by atoms with van der Waals surface area (Å²) in [6.07, 6.45) is 0.344. The van der Waals surface area contributed by atoms with Crippen LogP contribution in [0, 0.1) is 0 Å². The Morgan fingerprint density at radius 2 is 1.46 bits per heavy atom. The Labute approximate surface area is 85.8 Å². The molecule has 0 aliphatic carbocycles. The van der Waals surface area contributed by atoms with Crippen LogP contribution in [0.25, 0.3) is 0 Å². The second-order valence-corrected chi connectivity index (χ2v) is 5.27. The van der Waals surface area contributed by atoms with E-state index in [1.807, 2.05) is 0 Å². The van der Waals surface area contributed by atoms with E-state index in [-0.39, 0.29) is 0 Å². The van der Waals surface area contributed by atoms with E-state index >= 15 is 0 Å². The third kappa shape index (κ3) is 6.21. The highest BCUT2D eigenvalue weighted by atomic mass is 28.2. The van der Waals surface area contributed by atoms with Crippen LogP contribution in [0.15, 0.2) is 0 Å². The minimum absolute atomic E-state index is 0.344. The minimum Gasteiger partial charge on any atom is -0.307 e. The van der Waals surface area contributed by atoms with Gasteiger partial charge in [-0.15, -0.1) is 0 Å². The van der Waals surface area contributed by atoms with Gasteiger partial charge in [-0.2, -0.15) is 0 Å². The monoisotopic (exact) mass is 203 g/mol. The molecule has 0 heterocycles. The highest BCUT2D eigenvalue weighted by molar-refractivity contribution is 6.04. The number of hydrogen-bond acceptors (Lipinski definition) is 3. The highest BCUT2D eigenvalue weighted by Crippen LogP contribution is 1.92. The summed E-state index contributed by atoms with van der Waals surface area (Å²) in [4.78, 5) is 0. The molecule has 0 unspecified atom stereocenters. The maximum atomic E-state index is 3.51. The Balaban J connectivity index is 4.02. The fraction of sp³-hybridized carbons (Fsp3) is 1.00. The van der Waals surface area contributed by atoms with Crippen LogP contribution in [0.3, 0.4) is 0 Å². The zero-order valence-electron chi connectivity index (χ0n) is 9.89. The molecule has 0 aromatic rings. The summed E-state index contributed by atoms with van der Waals surface area (Å²) in [6.45, 7) is 12.0. The molecule has 0 saturated carbocycles. The van der Waals surface area contributed by atoms with Gasteiger partial charge in [-0.25, -0.2) is 0 Å². The van der Waals surface area contributed by atoms with Crippen LogP contribution in [0.5, 0.6) is 0 Å². The molecule has 2 N–H and O–H groups in total. The molecule has 0 amide bonds. The van der Waals surface area contributed by atoms with Gasteiger partial charge >= 0.3 is 0 Å². The van der Waals surface area contributed by atoms with Crippen molar-refractivity contribution in [3.8, 4) is 0 Å². The number of hydrogen-bond donors (Lipinski definition) is 2. The van der Waals surface area contributed by atoms with Crippen molar-refractivity contribution < 1.29 is 0 Å². The number of nitrogens with zero attached hydrogens (tertiary/aromatic N) is 1. The van der Waals surface area contributed by atoms with Crippen molar-refractivity contribution in [2.75, 3.05) is 6.54 Å². The minimum atomic E-state index is 0.344. The lowest BCUT2D eigenvalue weighted by Crippen LogP contribution is -2.57. The molecule has 0 aliphatic rings. The molecular formula is C9H25N3Si. The van der Waals surface area contributed by atoms with Gasteiger partial charge in [-0.05, 0) is 34.2 Å². The van der Waals surface area contributed by atoms with E-state index in [2.05, 4.69) is 49.8 Å². The Morgan fingerprint density at radius 1 is 1.08 bits per heavy atom. The maximum Gasteiger partial charge on any atom is 0.108 e. The fourth-order valence-corrected chi connectivity index (χ4v) is 1.41. The molecule has 0 aromatic heterocycles. The molecule has 80 valence electrons. The quantitative estimate of drug-likeness (QED) is 0.465. The highest BCUT2D eigenvalue weighted by Gasteiger charge is 2.13. The summed E-state index contributed by atoms with van der Waals surface area (Å²) in [6, 6.07) is 1.05. The van der Waals surface area contributed by atoms with Crippen molar-refractivity contribution in [3.05, 3.63) is 0 Å². The van der Waals surface area contributed by atoms with Crippen LogP contribution in [-0.2, 0) is 0 Å². The van der Waals surface area contributed by atoms with Gasteiger partial charge in [-0.3, -0.25) is 10.6 Å². The molecule has 0 bridgehead atoms. The van der Waals surface area contributed by atoms with Crippen molar-refractivity contribution in [1.29, 1.82) is 0 Å². The SMILES string of the molecule is CCN([SiH3])C(NC(C)C)NC(C)C. The smallest absolute Gasteiger partial charge is 0.108 e. The zero-order chi connectivity index (χ0) is 10.4. The van der Waals surface area contributed by atoms with Crippen LogP contribution in [0.2, 0.25) is 0 Å². The second-order valence-electron chi connectivity index (χ2n) is 4.12. The van der Waals surface area contributed by atoms with Gasteiger partial charge in [0.05, 0.1) is 10.4 Å². The summed E-state index contributed by atoms with van der Waals surface area (Å²) in [5.74, 6) is 0. The van der Waals surface area contributed by atoms with Crippen molar-refractivity contribution in [2.45, 2.75) is 53.0 Å². The predicted octanol–water partition coefficient (Wildman–Crippen LogP) is -0.132. The molecule has 0 atom stereocenters. The molecule has 4 heteroatoms. The summed E-state index contributed by atoms with van der Waals surface area (Å²) < 4.78 is 2.40. The lowest BCUT2D eigenvalue weighted by Gasteiger charge is -2.32. The van der Waals surface area contributed by atoms with Crippen LogP contribution in [0.1, 0.15) is 34.6 Å². The van der Waals surface area contributed by atoms with Crippen molar-refractivity contribution in [1.82, 2.24) is 15.2 Å². The Bertz CT molecular complexity index is 118. The lowest BCUT2D eigenvalue weighted by molar-refractivity contribution is 0.216.